The summed E-state index contributed by atoms with van der Waals surface area (Å²) in [6.07, 6.45) is 2.32. The van der Waals surface area contributed by atoms with E-state index in [0.29, 0.717) is 45.5 Å². The van der Waals surface area contributed by atoms with Gasteiger partial charge in [0.2, 0.25) is 11.7 Å². The maximum atomic E-state index is 12.9. The van der Waals surface area contributed by atoms with Crippen molar-refractivity contribution < 1.29 is 28.3 Å². The fourth-order valence-electron chi connectivity index (χ4n) is 3.70. The molecule has 2 atom stereocenters. The van der Waals surface area contributed by atoms with Gasteiger partial charge in [0.15, 0.2) is 11.5 Å². The van der Waals surface area contributed by atoms with Crippen LogP contribution in [0.4, 0.5) is 5.69 Å². The lowest BCUT2D eigenvalue weighted by Crippen LogP contribution is -2.40. The molecule has 0 saturated carbocycles. The van der Waals surface area contributed by atoms with Gasteiger partial charge in [-0.15, -0.1) is 0 Å². The predicted molar refractivity (Wildman–Crippen MR) is 134 cm³/mol. The summed E-state index contributed by atoms with van der Waals surface area (Å²) in [7, 11) is 6.18. The average molecular weight is 504 g/mol. The molecule has 3 rings (SSSR count). The van der Waals surface area contributed by atoms with E-state index in [4.69, 9.17) is 35.2 Å². The maximum absolute atomic E-state index is 12.9. The Labute approximate surface area is 209 Å². The van der Waals surface area contributed by atoms with E-state index < -0.39 is 6.04 Å². The van der Waals surface area contributed by atoms with Crippen molar-refractivity contribution >= 4 is 23.4 Å². The highest BCUT2D eigenvalue weighted by molar-refractivity contribution is 6.15. The van der Waals surface area contributed by atoms with Crippen molar-refractivity contribution in [3.63, 3.8) is 0 Å². The van der Waals surface area contributed by atoms with Gasteiger partial charge in [0, 0.05) is 11.1 Å². The molecule has 0 aliphatic rings. The standard InChI is InChI=1S/C25H30ClN3O6/c1-7-14(2)22(28-26)25(30)27-18-10-15(8-9-19(18)31-3)17-13-35-29-23(17)16-11-20(32-4)24(34-6)21(12-16)33-5/h8-14,22,28H,7H2,1-6H3,(H,27,30). The van der Waals surface area contributed by atoms with Crippen LogP contribution in [0.15, 0.2) is 41.1 Å². The number of nitrogens with one attached hydrogen (secondary N) is 2. The molecule has 0 spiro atoms. The molecular weight excluding hydrogens is 474 g/mol. The number of carbonyl (C=O) groups excluding carboxylic acids is 1. The molecule has 0 aliphatic carbocycles. The molecule has 188 valence electrons. The summed E-state index contributed by atoms with van der Waals surface area (Å²) in [6, 6.07) is 8.43. The first kappa shape index (κ1) is 26.2. The number of hydrogen-bond acceptors (Lipinski definition) is 8. The summed E-state index contributed by atoms with van der Waals surface area (Å²) in [5, 5.41) is 7.13. The minimum absolute atomic E-state index is 0.0337. The van der Waals surface area contributed by atoms with Crippen molar-refractivity contribution in [2.45, 2.75) is 26.3 Å². The smallest absolute Gasteiger partial charge is 0.243 e. The summed E-state index contributed by atoms with van der Waals surface area (Å²) >= 11 is 5.86. The third-order valence-corrected chi connectivity index (χ3v) is 6.12. The minimum Gasteiger partial charge on any atom is -0.495 e. The molecule has 9 nitrogen and oxygen atoms in total. The fraction of sp³-hybridized carbons (Fsp3) is 0.360. The highest BCUT2D eigenvalue weighted by Crippen LogP contribution is 2.43. The molecule has 1 aromatic heterocycles. The highest BCUT2D eigenvalue weighted by Gasteiger charge is 2.25. The number of nitrogens with zero attached hydrogens (tertiary/aromatic N) is 1. The lowest BCUT2D eigenvalue weighted by Gasteiger charge is -2.21. The van der Waals surface area contributed by atoms with Gasteiger partial charge in [0.25, 0.3) is 0 Å². The van der Waals surface area contributed by atoms with Gasteiger partial charge in [-0.2, -0.15) is 0 Å². The van der Waals surface area contributed by atoms with Gasteiger partial charge in [0.1, 0.15) is 23.7 Å². The van der Waals surface area contributed by atoms with Gasteiger partial charge in [0.05, 0.1) is 34.1 Å². The van der Waals surface area contributed by atoms with Crippen molar-refractivity contribution in [3.05, 3.63) is 36.6 Å². The zero-order chi connectivity index (χ0) is 25.5. The molecule has 0 radical (unpaired) electrons. The zero-order valence-corrected chi connectivity index (χ0v) is 21.4. The largest absolute Gasteiger partial charge is 0.495 e. The van der Waals surface area contributed by atoms with Crippen molar-refractivity contribution in [1.29, 1.82) is 0 Å². The molecule has 2 aromatic carbocycles. The van der Waals surface area contributed by atoms with Gasteiger partial charge < -0.3 is 28.8 Å². The first-order valence-electron chi connectivity index (χ1n) is 11.0. The lowest BCUT2D eigenvalue weighted by atomic mass is 9.98. The first-order chi connectivity index (χ1) is 16.9. The van der Waals surface area contributed by atoms with Crippen LogP contribution in [-0.2, 0) is 4.79 Å². The van der Waals surface area contributed by atoms with Crippen molar-refractivity contribution in [3.8, 4) is 45.4 Å². The minimum atomic E-state index is -0.569. The van der Waals surface area contributed by atoms with Crippen LogP contribution in [0.5, 0.6) is 23.0 Å². The van der Waals surface area contributed by atoms with Crippen molar-refractivity contribution in [2.24, 2.45) is 5.92 Å². The highest BCUT2D eigenvalue weighted by atomic mass is 35.5. The van der Waals surface area contributed by atoms with Crippen LogP contribution < -0.4 is 29.1 Å². The van der Waals surface area contributed by atoms with Crippen LogP contribution in [0, 0.1) is 5.92 Å². The monoisotopic (exact) mass is 503 g/mol. The number of aromatic nitrogens is 1. The summed E-state index contributed by atoms with van der Waals surface area (Å²) in [5.74, 6) is 1.73. The predicted octanol–water partition coefficient (Wildman–Crippen LogP) is 5.14. The number of rotatable bonds is 11. The number of benzene rings is 2. The molecule has 10 heteroatoms. The van der Waals surface area contributed by atoms with Crippen LogP contribution in [0.2, 0.25) is 0 Å². The van der Waals surface area contributed by atoms with E-state index in [1.807, 2.05) is 19.9 Å². The van der Waals surface area contributed by atoms with Gasteiger partial charge >= 0.3 is 0 Å². The number of ether oxygens (including phenoxy) is 4. The Bertz CT molecular complexity index is 1140. The zero-order valence-electron chi connectivity index (χ0n) is 20.6. The van der Waals surface area contributed by atoms with E-state index in [1.165, 1.54) is 13.4 Å². The second kappa shape index (κ2) is 11.8. The van der Waals surface area contributed by atoms with Gasteiger partial charge in [-0.05, 0) is 47.5 Å². The normalized spacial score (nSPS) is 12.5. The lowest BCUT2D eigenvalue weighted by molar-refractivity contribution is -0.118. The molecule has 2 unspecified atom stereocenters. The Morgan fingerprint density at radius 1 is 1.00 bits per heavy atom. The van der Waals surface area contributed by atoms with Crippen LogP contribution in [-0.4, -0.2) is 45.5 Å². The summed E-state index contributed by atoms with van der Waals surface area (Å²) in [5.41, 5.74) is 3.21. The summed E-state index contributed by atoms with van der Waals surface area (Å²) < 4.78 is 27.2. The van der Waals surface area contributed by atoms with Gasteiger partial charge in [-0.3, -0.25) is 4.79 Å². The Morgan fingerprint density at radius 2 is 1.66 bits per heavy atom. The SMILES string of the molecule is CCC(C)C(NCl)C(=O)Nc1cc(-c2conc2-c2cc(OC)c(OC)c(OC)c2)ccc1OC. The van der Waals surface area contributed by atoms with Crippen molar-refractivity contribution in [2.75, 3.05) is 33.8 Å². The van der Waals surface area contributed by atoms with E-state index in [0.717, 1.165) is 12.0 Å². The Morgan fingerprint density at radius 3 is 2.20 bits per heavy atom. The molecule has 0 bridgehead atoms. The van der Waals surface area contributed by atoms with Crippen molar-refractivity contribution in [1.82, 2.24) is 9.99 Å². The molecule has 0 fully saturated rings. The molecule has 2 N–H and O–H groups in total. The Balaban J connectivity index is 2.04. The van der Waals surface area contributed by atoms with E-state index >= 15 is 0 Å². The van der Waals surface area contributed by atoms with Crippen LogP contribution >= 0.6 is 11.8 Å². The Kier molecular flexibility index (Phi) is 8.84. The van der Waals surface area contributed by atoms with Crippen LogP contribution in [0.3, 0.4) is 0 Å². The summed E-state index contributed by atoms with van der Waals surface area (Å²) in [6.45, 7) is 3.95. The number of anilines is 1. The molecule has 3 aromatic rings. The van der Waals surface area contributed by atoms with E-state index in [1.54, 1.807) is 45.6 Å². The molecule has 0 aliphatic heterocycles. The second-order valence-electron chi connectivity index (χ2n) is 7.87. The number of halogens is 1. The maximum Gasteiger partial charge on any atom is 0.243 e. The molecule has 0 saturated heterocycles. The van der Waals surface area contributed by atoms with Gasteiger partial charge in [-0.25, -0.2) is 4.84 Å². The number of hydrogen-bond donors (Lipinski definition) is 2. The van der Waals surface area contributed by atoms with Crippen LogP contribution in [0.1, 0.15) is 20.3 Å². The fourth-order valence-corrected chi connectivity index (χ4v) is 4.02. The van der Waals surface area contributed by atoms with E-state index in [2.05, 4.69) is 15.3 Å². The molecule has 35 heavy (non-hydrogen) atoms. The molecular formula is C25H30ClN3O6. The third kappa shape index (κ3) is 5.47. The third-order valence-electron chi connectivity index (χ3n) is 5.89. The summed E-state index contributed by atoms with van der Waals surface area (Å²) in [4.78, 5) is 15.5. The van der Waals surface area contributed by atoms with Gasteiger partial charge in [-0.1, -0.05) is 31.5 Å². The number of methoxy groups -OCH3 is 4. The number of amides is 1. The number of carbonyl (C=O) groups is 1. The van der Waals surface area contributed by atoms with E-state index in [-0.39, 0.29) is 11.8 Å². The second-order valence-corrected chi connectivity index (χ2v) is 8.09. The average Bonchev–Trinajstić information content (AvgIpc) is 3.38. The van der Waals surface area contributed by atoms with E-state index in [9.17, 15) is 4.79 Å². The first-order valence-corrected chi connectivity index (χ1v) is 11.4. The molecule has 1 amide bonds. The quantitative estimate of drug-likeness (QED) is 0.347. The molecule has 1 heterocycles. The topological polar surface area (TPSA) is 104 Å². The van der Waals surface area contributed by atoms with Crippen LogP contribution in [0.25, 0.3) is 22.4 Å². The Hall–Kier alpha value is -3.43.